The van der Waals surface area contributed by atoms with Gasteiger partial charge >= 0.3 is 6.18 Å². The van der Waals surface area contributed by atoms with E-state index in [9.17, 15) is 39.5 Å². The van der Waals surface area contributed by atoms with Crippen LogP contribution >= 0.6 is 0 Å². The number of hydrogen-bond acceptors (Lipinski definition) is 2. The van der Waals surface area contributed by atoms with Crippen LogP contribution in [-0.2, 0) is 15.7 Å². The molecule has 0 saturated carbocycles. The summed E-state index contributed by atoms with van der Waals surface area (Å²) in [5.41, 5.74) is -2.78. The number of halogens is 9. The lowest BCUT2D eigenvalue weighted by molar-refractivity contribution is -0.192. The van der Waals surface area contributed by atoms with Gasteiger partial charge in [-0.25, -0.2) is 26.3 Å². The standard InChI is InChI=1S/C28H21F9O2/c1-2-3-20(29)26(34)14-4-6-19(21(30)8-14)17-12-38-27(39-13-17)15-5-7-18(22(31)9-15)16-10-23(32)25(24(33)11-16)28(35,36)37/h4-11,17,27H,2-3,12-13H2,1H3/b26-20+. The highest BCUT2D eigenvalue weighted by molar-refractivity contribution is 5.65. The number of alkyl halides is 3. The molecule has 0 bridgehead atoms. The van der Waals surface area contributed by atoms with E-state index < -0.39 is 64.4 Å². The Balaban J connectivity index is 1.47. The van der Waals surface area contributed by atoms with Gasteiger partial charge in [0, 0.05) is 29.0 Å². The Hall–Kier alpha value is -3.31. The van der Waals surface area contributed by atoms with Gasteiger partial charge in [0.1, 0.15) is 34.7 Å². The van der Waals surface area contributed by atoms with E-state index in [4.69, 9.17) is 9.47 Å². The second-order valence-electron chi connectivity index (χ2n) is 8.95. The fourth-order valence-electron chi connectivity index (χ4n) is 4.27. The average Bonchev–Trinajstić information content (AvgIpc) is 2.87. The topological polar surface area (TPSA) is 18.5 Å². The number of hydrogen-bond donors (Lipinski definition) is 0. The third kappa shape index (κ3) is 6.14. The fourth-order valence-corrected chi connectivity index (χ4v) is 4.27. The van der Waals surface area contributed by atoms with Crippen LogP contribution in [0.25, 0.3) is 17.0 Å². The van der Waals surface area contributed by atoms with Crippen molar-refractivity contribution in [1.82, 2.24) is 0 Å². The molecule has 0 radical (unpaired) electrons. The molecule has 1 saturated heterocycles. The molecule has 1 fully saturated rings. The van der Waals surface area contributed by atoms with Crippen molar-refractivity contribution in [1.29, 1.82) is 0 Å². The van der Waals surface area contributed by atoms with Crippen LogP contribution in [0.2, 0.25) is 0 Å². The van der Waals surface area contributed by atoms with E-state index in [1.807, 2.05) is 0 Å². The largest absolute Gasteiger partial charge is 0.422 e. The van der Waals surface area contributed by atoms with Crippen molar-refractivity contribution < 1.29 is 49.0 Å². The number of ether oxygens (including phenoxy) is 2. The Morgan fingerprint density at radius 1 is 0.821 bits per heavy atom. The Bertz CT molecular complexity index is 1370. The van der Waals surface area contributed by atoms with E-state index in [2.05, 4.69) is 0 Å². The normalized spacial score (nSPS) is 18.7. The van der Waals surface area contributed by atoms with Gasteiger partial charge in [-0.3, -0.25) is 0 Å². The molecule has 0 N–H and O–H groups in total. The molecular weight excluding hydrogens is 539 g/mol. The van der Waals surface area contributed by atoms with E-state index in [1.54, 1.807) is 6.92 Å². The Kier molecular flexibility index (Phi) is 8.41. The second-order valence-corrected chi connectivity index (χ2v) is 8.95. The molecule has 1 aliphatic heterocycles. The van der Waals surface area contributed by atoms with Crippen molar-refractivity contribution in [2.45, 2.75) is 38.1 Å². The second kappa shape index (κ2) is 11.4. The van der Waals surface area contributed by atoms with Crippen molar-refractivity contribution in [3.05, 3.63) is 99.9 Å². The quantitative estimate of drug-likeness (QED) is 0.280. The highest BCUT2D eigenvalue weighted by Gasteiger charge is 2.38. The van der Waals surface area contributed by atoms with Crippen molar-refractivity contribution in [2.24, 2.45) is 0 Å². The number of rotatable bonds is 6. The molecular formula is C28H21F9O2. The molecule has 0 aliphatic carbocycles. The predicted octanol–water partition coefficient (Wildman–Crippen LogP) is 9.17. The van der Waals surface area contributed by atoms with Crippen LogP contribution in [0.15, 0.2) is 54.4 Å². The summed E-state index contributed by atoms with van der Waals surface area (Å²) in [4.78, 5) is 0. The summed E-state index contributed by atoms with van der Waals surface area (Å²) < 4.78 is 135. The lowest BCUT2D eigenvalue weighted by Gasteiger charge is -2.30. The first-order valence-corrected chi connectivity index (χ1v) is 11.8. The van der Waals surface area contributed by atoms with E-state index >= 15 is 0 Å². The Morgan fingerprint density at radius 3 is 2.00 bits per heavy atom. The number of benzene rings is 3. The molecule has 39 heavy (non-hydrogen) atoms. The summed E-state index contributed by atoms with van der Waals surface area (Å²) in [6, 6.07) is 7.59. The molecule has 2 nitrogen and oxygen atoms in total. The highest BCUT2D eigenvalue weighted by atomic mass is 19.4. The Labute approximate surface area is 217 Å². The molecule has 0 unspecified atom stereocenters. The molecule has 3 aromatic rings. The maximum atomic E-state index is 14.8. The van der Waals surface area contributed by atoms with Gasteiger partial charge in [0.05, 0.1) is 13.2 Å². The van der Waals surface area contributed by atoms with Crippen LogP contribution in [0.5, 0.6) is 0 Å². The summed E-state index contributed by atoms with van der Waals surface area (Å²) in [6.07, 6.45) is -6.07. The molecule has 3 aromatic carbocycles. The van der Waals surface area contributed by atoms with Gasteiger partial charge in [-0.2, -0.15) is 13.2 Å². The SMILES string of the molecule is CCC/C(F)=C(\F)c1ccc(C2COC(c3ccc(-c4cc(F)c(C(F)(F)F)c(F)c4)c(F)c3)OC2)c(F)c1. The van der Waals surface area contributed by atoms with Crippen molar-refractivity contribution in [2.75, 3.05) is 13.2 Å². The van der Waals surface area contributed by atoms with E-state index in [0.717, 1.165) is 18.2 Å². The van der Waals surface area contributed by atoms with Crippen molar-refractivity contribution >= 4 is 5.83 Å². The van der Waals surface area contributed by atoms with Crippen molar-refractivity contribution in [3.8, 4) is 11.1 Å². The van der Waals surface area contributed by atoms with Gasteiger partial charge in [0.15, 0.2) is 12.1 Å². The van der Waals surface area contributed by atoms with Crippen LogP contribution in [-0.4, -0.2) is 13.2 Å². The number of allylic oxidation sites excluding steroid dienone is 1. The molecule has 0 amide bonds. The minimum Gasteiger partial charge on any atom is -0.348 e. The predicted molar refractivity (Wildman–Crippen MR) is 125 cm³/mol. The van der Waals surface area contributed by atoms with Crippen LogP contribution < -0.4 is 0 Å². The third-order valence-corrected chi connectivity index (χ3v) is 6.20. The van der Waals surface area contributed by atoms with Crippen LogP contribution in [0, 0.1) is 23.3 Å². The summed E-state index contributed by atoms with van der Waals surface area (Å²) in [5, 5.41) is 0. The van der Waals surface area contributed by atoms with Gasteiger partial charge < -0.3 is 9.47 Å². The molecule has 208 valence electrons. The molecule has 4 rings (SSSR count). The molecule has 11 heteroatoms. The van der Waals surface area contributed by atoms with Gasteiger partial charge in [0.2, 0.25) is 0 Å². The lowest BCUT2D eigenvalue weighted by atomic mass is 9.97. The maximum absolute atomic E-state index is 14.8. The zero-order valence-corrected chi connectivity index (χ0v) is 20.3. The first-order chi connectivity index (χ1) is 18.4. The zero-order valence-electron chi connectivity index (χ0n) is 20.3. The van der Waals surface area contributed by atoms with Crippen LogP contribution in [0.4, 0.5) is 39.5 Å². The van der Waals surface area contributed by atoms with E-state index in [0.29, 0.717) is 18.6 Å². The minimum atomic E-state index is -5.26. The summed E-state index contributed by atoms with van der Waals surface area (Å²) in [7, 11) is 0. The van der Waals surface area contributed by atoms with Gasteiger partial charge in [0.25, 0.3) is 0 Å². The van der Waals surface area contributed by atoms with Crippen LogP contribution in [0.1, 0.15) is 54.2 Å². The summed E-state index contributed by atoms with van der Waals surface area (Å²) >= 11 is 0. The van der Waals surface area contributed by atoms with Gasteiger partial charge in [-0.1, -0.05) is 31.2 Å². The summed E-state index contributed by atoms with van der Waals surface area (Å²) in [6.45, 7) is 1.54. The average molecular weight is 560 g/mol. The molecule has 1 aliphatic rings. The highest BCUT2D eigenvalue weighted by Crippen LogP contribution is 2.38. The smallest absolute Gasteiger partial charge is 0.348 e. The fraction of sp³-hybridized carbons (Fsp3) is 0.286. The Morgan fingerprint density at radius 2 is 1.46 bits per heavy atom. The monoisotopic (exact) mass is 560 g/mol. The first-order valence-electron chi connectivity index (χ1n) is 11.8. The van der Waals surface area contributed by atoms with Crippen LogP contribution in [0.3, 0.4) is 0 Å². The molecule has 0 spiro atoms. The van der Waals surface area contributed by atoms with E-state index in [-0.39, 0.29) is 41.9 Å². The molecule has 0 aromatic heterocycles. The third-order valence-electron chi connectivity index (χ3n) is 6.20. The minimum absolute atomic E-state index is 0.0673. The first kappa shape index (κ1) is 28.7. The molecule has 0 atom stereocenters. The zero-order chi connectivity index (χ0) is 28.5. The van der Waals surface area contributed by atoms with Gasteiger partial charge in [-0.15, -0.1) is 0 Å². The van der Waals surface area contributed by atoms with Gasteiger partial charge in [-0.05, 0) is 41.8 Å². The summed E-state index contributed by atoms with van der Waals surface area (Å²) in [5.74, 6) is -8.24. The lowest BCUT2D eigenvalue weighted by Crippen LogP contribution is -2.26. The maximum Gasteiger partial charge on any atom is 0.422 e. The van der Waals surface area contributed by atoms with E-state index in [1.165, 1.54) is 18.2 Å². The molecule has 1 heterocycles. The van der Waals surface area contributed by atoms with Crippen molar-refractivity contribution in [3.63, 3.8) is 0 Å².